The third-order valence-electron chi connectivity index (χ3n) is 3.16. The van der Waals surface area contributed by atoms with Crippen LogP contribution < -0.4 is 20.5 Å². The lowest BCUT2D eigenvalue weighted by atomic mass is 10.2. The van der Waals surface area contributed by atoms with E-state index in [1.54, 1.807) is 44.2 Å². The van der Waals surface area contributed by atoms with Crippen LogP contribution in [0.25, 0.3) is 0 Å². The zero-order chi connectivity index (χ0) is 16.7. The second kappa shape index (κ2) is 8.33. The summed E-state index contributed by atoms with van der Waals surface area (Å²) < 4.78 is 10.4. The van der Waals surface area contributed by atoms with Gasteiger partial charge in [-0.1, -0.05) is 0 Å². The number of methoxy groups -OCH3 is 2. The van der Waals surface area contributed by atoms with Crippen LogP contribution in [0.2, 0.25) is 0 Å². The van der Waals surface area contributed by atoms with Gasteiger partial charge in [-0.15, -0.1) is 11.8 Å². The molecule has 0 saturated heterocycles. The standard InChI is InChI=1S/C17H20N2O3S/c1-21-13-5-8-16(22-2)15(11-13)19-17(20)9-10-23-14-6-3-12(18)4-7-14/h3-8,11H,9-10,18H2,1-2H3,(H,19,20). The fourth-order valence-electron chi connectivity index (χ4n) is 1.95. The van der Waals surface area contributed by atoms with Crippen LogP contribution in [0.1, 0.15) is 6.42 Å². The highest BCUT2D eigenvalue weighted by molar-refractivity contribution is 7.99. The fraction of sp³-hybridized carbons (Fsp3) is 0.235. The van der Waals surface area contributed by atoms with Crippen molar-refractivity contribution in [2.75, 3.05) is 31.0 Å². The van der Waals surface area contributed by atoms with Crippen molar-refractivity contribution >= 4 is 29.0 Å². The van der Waals surface area contributed by atoms with E-state index >= 15 is 0 Å². The first-order chi connectivity index (χ1) is 11.1. The Morgan fingerprint density at radius 2 is 1.87 bits per heavy atom. The van der Waals surface area contributed by atoms with Crippen molar-refractivity contribution in [2.24, 2.45) is 0 Å². The molecule has 0 aliphatic heterocycles. The summed E-state index contributed by atoms with van der Waals surface area (Å²) in [6.45, 7) is 0. The molecule has 0 atom stereocenters. The highest BCUT2D eigenvalue weighted by atomic mass is 32.2. The Bertz CT molecular complexity index is 659. The van der Waals surface area contributed by atoms with Gasteiger partial charge in [-0.25, -0.2) is 0 Å². The van der Waals surface area contributed by atoms with Gasteiger partial charge >= 0.3 is 0 Å². The number of amides is 1. The van der Waals surface area contributed by atoms with Crippen LogP contribution in [-0.2, 0) is 4.79 Å². The maximum atomic E-state index is 12.1. The van der Waals surface area contributed by atoms with Crippen molar-refractivity contribution in [3.63, 3.8) is 0 Å². The van der Waals surface area contributed by atoms with Gasteiger partial charge in [0.25, 0.3) is 0 Å². The molecule has 2 aromatic carbocycles. The molecule has 1 amide bonds. The normalized spacial score (nSPS) is 10.2. The minimum Gasteiger partial charge on any atom is -0.497 e. The summed E-state index contributed by atoms with van der Waals surface area (Å²) in [5.74, 6) is 1.88. The molecule has 122 valence electrons. The number of anilines is 2. The van der Waals surface area contributed by atoms with E-state index in [2.05, 4.69) is 5.32 Å². The summed E-state index contributed by atoms with van der Waals surface area (Å²) in [6, 6.07) is 12.9. The summed E-state index contributed by atoms with van der Waals surface area (Å²) in [5.41, 5.74) is 6.98. The number of rotatable bonds is 7. The number of hydrogen-bond donors (Lipinski definition) is 2. The Morgan fingerprint density at radius 3 is 2.52 bits per heavy atom. The minimum atomic E-state index is -0.0699. The van der Waals surface area contributed by atoms with E-state index in [0.29, 0.717) is 29.4 Å². The number of nitrogen functional groups attached to an aromatic ring is 1. The SMILES string of the molecule is COc1ccc(OC)c(NC(=O)CCSc2ccc(N)cc2)c1. The molecule has 0 aliphatic carbocycles. The smallest absolute Gasteiger partial charge is 0.225 e. The first kappa shape index (κ1) is 17.0. The predicted molar refractivity (Wildman–Crippen MR) is 94.4 cm³/mol. The molecule has 23 heavy (non-hydrogen) atoms. The quantitative estimate of drug-likeness (QED) is 0.600. The van der Waals surface area contributed by atoms with Crippen molar-refractivity contribution in [3.8, 4) is 11.5 Å². The van der Waals surface area contributed by atoms with Crippen molar-refractivity contribution < 1.29 is 14.3 Å². The monoisotopic (exact) mass is 332 g/mol. The van der Waals surface area contributed by atoms with Crippen LogP contribution in [0.3, 0.4) is 0 Å². The lowest BCUT2D eigenvalue weighted by Gasteiger charge is -2.11. The van der Waals surface area contributed by atoms with E-state index in [1.165, 1.54) is 0 Å². The summed E-state index contributed by atoms with van der Waals surface area (Å²) in [7, 11) is 3.14. The van der Waals surface area contributed by atoms with Crippen LogP contribution in [-0.4, -0.2) is 25.9 Å². The van der Waals surface area contributed by atoms with Gasteiger partial charge in [0.2, 0.25) is 5.91 Å². The molecule has 0 saturated carbocycles. The lowest BCUT2D eigenvalue weighted by Crippen LogP contribution is -2.13. The predicted octanol–water partition coefficient (Wildman–Crippen LogP) is 3.41. The average Bonchev–Trinajstić information content (AvgIpc) is 2.56. The first-order valence-corrected chi connectivity index (χ1v) is 8.11. The summed E-state index contributed by atoms with van der Waals surface area (Å²) in [6.07, 6.45) is 0.398. The molecule has 0 unspecified atom stereocenters. The number of ether oxygens (including phenoxy) is 2. The van der Waals surface area contributed by atoms with Crippen LogP contribution in [0.5, 0.6) is 11.5 Å². The van der Waals surface area contributed by atoms with Gasteiger partial charge in [0.05, 0.1) is 19.9 Å². The van der Waals surface area contributed by atoms with Gasteiger partial charge < -0.3 is 20.5 Å². The Morgan fingerprint density at radius 1 is 1.13 bits per heavy atom. The van der Waals surface area contributed by atoms with E-state index in [9.17, 15) is 4.79 Å². The van der Waals surface area contributed by atoms with E-state index in [1.807, 2.05) is 24.3 Å². The molecule has 0 heterocycles. The number of hydrogen-bond acceptors (Lipinski definition) is 5. The Labute approximate surface area is 140 Å². The van der Waals surface area contributed by atoms with E-state index < -0.39 is 0 Å². The summed E-state index contributed by atoms with van der Waals surface area (Å²) in [4.78, 5) is 13.2. The average molecular weight is 332 g/mol. The number of thioether (sulfide) groups is 1. The van der Waals surface area contributed by atoms with Crippen molar-refractivity contribution in [1.82, 2.24) is 0 Å². The molecule has 0 bridgehead atoms. The van der Waals surface area contributed by atoms with Crippen LogP contribution in [0.15, 0.2) is 47.4 Å². The topological polar surface area (TPSA) is 73.6 Å². The molecule has 0 radical (unpaired) electrons. The lowest BCUT2D eigenvalue weighted by molar-refractivity contribution is -0.115. The highest BCUT2D eigenvalue weighted by Crippen LogP contribution is 2.29. The van der Waals surface area contributed by atoms with E-state index in [0.717, 1.165) is 10.6 Å². The number of carbonyl (C=O) groups is 1. The second-order valence-electron chi connectivity index (χ2n) is 4.78. The molecular formula is C17H20N2O3S. The largest absolute Gasteiger partial charge is 0.497 e. The Hall–Kier alpha value is -2.34. The van der Waals surface area contributed by atoms with Crippen molar-refractivity contribution in [3.05, 3.63) is 42.5 Å². The maximum absolute atomic E-state index is 12.1. The molecule has 5 nitrogen and oxygen atoms in total. The van der Waals surface area contributed by atoms with Gasteiger partial charge in [0.15, 0.2) is 0 Å². The van der Waals surface area contributed by atoms with Gasteiger partial charge in [-0.3, -0.25) is 4.79 Å². The van der Waals surface area contributed by atoms with E-state index in [4.69, 9.17) is 15.2 Å². The van der Waals surface area contributed by atoms with Gasteiger partial charge in [0.1, 0.15) is 11.5 Å². The number of nitrogens with one attached hydrogen (secondary N) is 1. The van der Waals surface area contributed by atoms with Gasteiger partial charge in [0, 0.05) is 28.8 Å². The van der Waals surface area contributed by atoms with Gasteiger partial charge in [-0.05, 0) is 36.4 Å². The molecule has 2 rings (SSSR count). The second-order valence-corrected chi connectivity index (χ2v) is 5.95. The highest BCUT2D eigenvalue weighted by Gasteiger charge is 2.09. The first-order valence-electron chi connectivity index (χ1n) is 7.12. The summed E-state index contributed by atoms with van der Waals surface area (Å²) >= 11 is 1.61. The van der Waals surface area contributed by atoms with E-state index in [-0.39, 0.29) is 5.91 Å². The zero-order valence-electron chi connectivity index (χ0n) is 13.2. The molecule has 2 aromatic rings. The molecule has 3 N–H and O–H groups in total. The zero-order valence-corrected chi connectivity index (χ0v) is 14.0. The third-order valence-corrected chi connectivity index (χ3v) is 4.17. The number of carbonyl (C=O) groups excluding carboxylic acids is 1. The van der Waals surface area contributed by atoms with Crippen LogP contribution in [0, 0.1) is 0 Å². The van der Waals surface area contributed by atoms with Crippen LogP contribution in [0.4, 0.5) is 11.4 Å². The molecule has 6 heteroatoms. The van der Waals surface area contributed by atoms with Crippen LogP contribution >= 0.6 is 11.8 Å². The Balaban J connectivity index is 1.88. The number of benzene rings is 2. The number of nitrogens with two attached hydrogens (primary N) is 1. The molecule has 0 fully saturated rings. The fourth-order valence-corrected chi connectivity index (χ4v) is 2.80. The molecule has 0 aliphatic rings. The molecular weight excluding hydrogens is 312 g/mol. The maximum Gasteiger partial charge on any atom is 0.225 e. The van der Waals surface area contributed by atoms with Gasteiger partial charge in [-0.2, -0.15) is 0 Å². The van der Waals surface area contributed by atoms with Crippen molar-refractivity contribution in [2.45, 2.75) is 11.3 Å². The summed E-state index contributed by atoms with van der Waals surface area (Å²) in [5, 5.41) is 2.85. The van der Waals surface area contributed by atoms with Crippen molar-refractivity contribution in [1.29, 1.82) is 0 Å². The molecule has 0 aromatic heterocycles. The third kappa shape index (κ3) is 5.10. The molecule has 0 spiro atoms. The Kier molecular flexibility index (Phi) is 6.17. The minimum absolute atomic E-state index is 0.0699.